The molecule has 4 heteroatoms. The van der Waals surface area contributed by atoms with Crippen LogP contribution in [0.2, 0.25) is 0 Å². The number of allylic oxidation sites excluding steroid dienone is 2. The summed E-state index contributed by atoms with van der Waals surface area (Å²) >= 11 is 0. The highest BCUT2D eigenvalue weighted by molar-refractivity contribution is 7.38. The lowest BCUT2D eigenvalue weighted by molar-refractivity contribution is -0.910. The average molecular weight is 485 g/mol. The van der Waals surface area contributed by atoms with Gasteiger partial charge in [-0.1, -0.05) is 120 Å². The zero-order valence-electron chi connectivity index (χ0n) is 23.2. The van der Waals surface area contributed by atoms with Crippen molar-refractivity contribution in [2.45, 2.75) is 154 Å². The Labute approximate surface area is 209 Å². The molecule has 0 fully saturated rings. The summed E-state index contributed by atoms with van der Waals surface area (Å²) in [4.78, 5) is 12.0. The van der Waals surface area contributed by atoms with Crippen molar-refractivity contribution in [2.24, 2.45) is 0 Å². The Kier molecular flexibility index (Phi) is 20.9. The molecule has 0 saturated heterocycles. The highest BCUT2D eigenvalue weighted by Crippen LogP contribution is 2.44. The molecule has 196 valence electrons. The topological polar surface area (TPSA) is 40.1 Å². The third kappa shape index (κ3) is 16.1. The van der Waals surface area contributed by atoms with Crippen molar-refractivity contribution in [3.63, 3.8) is 0 Å². The fourth-order valence-electron chi connectivity index (χ4n) is 4.99. The van der Waals surface area contributed by atoms with Crippen molar-refractivity contribution in [1.29, 1.82) is 0 Å². The van der Waals surface area contributed by atoms with E-state index in [1.807, 2.05) is 28.1 Å². The third-order valence-electron chi connectivity index (χ3n) is 7.49. The number of unbranched alkanes of at least 4 members (excludes halogenated alkanes) is 17. The van der Waals surface area contributed by atoms with Gasteiger partial charge < -0.3 is 4.89 Å². The van der Waals surface area contributed by atoms with Gasteiger partial charge in [0.05, 0.1) is 21.1 Å². The molecule has 0 aromatic heterocycles. The Morgan fingerprint density at radius 3 is 1.33 bits per heavy atom. The molecule has 0 aliphatic carbocycles. The molecule has 33 heavy (non-hydrogen) atoms. The fraction of sp³-hybridized carbons (Fsp3) is 0.931. The quantitative estimate of drug-likeness (QED) is 0.0592. The second-order valence-corrected chi connectivity index (χ2v) is 12.4. The molecule has 0 bridgehead atoms. The van der Waals surface area contributed by atoms with E-state index in [-0.39, 0.29) is 0 Å². The molecular weight excluding hydrogens is 425 g/mol. The van der Waals surface area contributed by atoms with Gasteiger partial charge in [0.25, 0.3) is 5.28 Å². The Bertz CT molecular complexity index is 487. The van der Waals surface area contributed by atoms with Crippen molar-refractivity contribution in [2.75, 3.05) is 21.1 Å². The van der Waals surface area contributed by atoms with Crippen LogP contribution >= 0.6 is 8.03 Å². The molecule has 0 aliphatic heterocycles. The van der Waals surface area contributed by atoms with Crippen LogP contribution in [-0.4, -0.2) is 30.9 Å². The molecule has 0 radical (unpaired) electrons. The Hall–Kier alpha value is -0.240. The standard InChI is InChI=1S/C29H59NO2P/c1-6-8-9-10-11-12-13-14-15-16-17-18-19-20-21-22-23-24-25-26-27-28-29(7-2,33(31)32)30(3,4)5/h15-16H,6-14,17-28H2,1-5H3/q+1/b16-15-. The van der Waals surface area contributed by atoms with Gasteiger partial charge in [-0.25, -0.2) is 0 Å². The molecule has 0 saturated carbocycles. The van der Waals surface area contributed by atoms with Crippen LogP contribution in [0, 0.1) is 0 Å². The predicted molar refractivity (Wildman–Crippen MR) is 146 cm³/mol. The summed E-state index contributed by atoms with van der Waals surface area (Å²) in [7, 11) is 3.63. The van der Waals surface area contributed by atoms with E-state index in [4.69, 9.17) is 0 Å². The number of quaternary nitrogens is 1. The monoisotopic (exact) mass is 484 g/mol. The number of nitrogens with zero attached hydrogens (tertiary/aromatic N) is 1. The molecule has 0 N–H and O–H groups in total. The zero-order valence-corrected chi connectivity index (χ0v) is 24.1. The van der Waals surface area contributed by atoms with Crippen molar-refractivity contribution >= 4 is 8.03 Å². The van der Waals surface area contributed by atoms with Gasteiger partial charge in [0.15, 0.2) is 0 Å². The molecule has 0 aromatic rings. The van der Waals surface area contributed by atoms with E-state index < -0.39 is 13.3 Å². The van der Waals surface area contributed by atoms with Gasteiger partial charge in [-0.05, 0) is 32.1 Å². The van der Waals surface area contributed by atoms with E-state index in [9.17, 15) is 9.46 Å². The molecule has 0 rings (SSSR count). The molecule has 0 heterocycles. The van der Waals surface area contributed by atoms with Crippen LogP contribution in [0.25, 0.3) is 0 Å². The third-order valence-corrected chi connectivity index (χ3v) is 9.31. The van der Waals surface area contributed by atoms with Crippen LogP contribution in [-0.2, 0) is 4.57 Å². The summed E-state index contributed by atoms with van der Waals surface area (Å²) in [5, 5.41) is -0.599. The van der Waals surface area contributed by atoms with Crippen molar-refractivity contribution in [3.8, 4) is 0 Å². The minimum Gasteiger partial charge on any atom is -0.590 e. The van der Waals surface area contributed by atoms with Crippen LogP contribution in [0.1, 0.15) is 149 Å². The van der Waals surface area contributed by atoms with Crippen LogP contribution in [0.15, 0.2) is 12.2 Å². The largest absolute Gasteiger partial charge is 0.590 e. The van der Waals surface area contributed by atoms with E-state index in [0.29, 0.717) is 10.9 Å². The molecular formula is C29H59NO2P+. The van der Waals surface area contributed by atoms with Crippen LogP contribution in [0.5, 0.6) is 0 Å². The maximum atomic E-state index is 12.0. The number of hydrogen-bond donors (Lipinski definition) is 0. The van der Waals surface area contributed by atoms with Gasteiger partial charge in [0, 0.05) is 12.8 Å². The first-order valence-corrected chi connectivity index (χ1v) is 15.6. The van der Waals surface area contributed by atoms with Crippen LogP contribution in [0.4, 0.5) is 0 Å². The summed E-state index contributed by atoms with van der Waals surface area (Å²) in [6, 6.07) is 0. The summed E-state index contributed by atoms with van der Waals surface area (Å²) in [6.07, 6.45) is 31.6. The van der Waals surface area contributed by atoms with Gasteiger partial charge in [-0.3, -0.25) is 4.48 Å². The number of hydrogen-bond acceptors (Lipinski definition) is 2. The molecule has 2 unspecified atom stereocenters. The van der Waals surface area contributed by atoms with Crippen LogP contribution < -0.4 is 4.89 Å². The second kappa shape index (κ2) is 21.1. The van der Waals surface area contributed by atoms with E-state index in [2.05, 4.69) is 19.1 Å². The first-order valence-electron chi connectivity index (χ1n) is 14.4. The van der Waals surface area contributed by atoms with E-state index in [0.717, 1.165) is 19.3 Å². The lowest BCUT2D eigenvalue weighted by Gasteiger charge is -2.39. The SMILES string of the molecule is CCCCCCCCC/C=C\CCCCCCCCCCCCC(CC)([P+](=O)[O-])[N+](C)(C)C. The van der Waals surface area contributed by atoms with Crippen molar-refractivity contribution in [3.05, 3.63) is 12.2 Å². The van der Waals surface area contributed by atoms with Gasteiger partial charge in [-0.15, -0.1) is 0 Å². The minimum atomic E-state index is -2.42. The van der Waals surface area contributed by atoms with Gasteiger partial charge in [0.2, 0.25) is 0 Å². The predicted octanol–water partition coefficient (Wildman–Crippen LogP) is 9.28. The molecule has 0 amide bonds. The van der Waals surface area contributed by atoms with Crippen molar-refractivity contribution in [1.82, 2.24) is 0 Å². The summed E-state index contributed by atoms with van der Waals surface area (Å²) in [5.41, 5.74) is 0. The lowest BCUT2D eigenvalue weighted by atomic mass is 10.0. The number of rotatable bonds is 24. The first-order chi connectivity index (χ1) is 15.8. The summed E-state index contributed by atoms with van der Waals surface area (Å²) in [5.74, 6) is 0. The lowest BCUT2D eigenvalue weighted by Crippen LogP contribution is -2.55. The maximum Gasteiger partial charge on any atom is 0.376 e. The van der Waals surface area contributed by atoms with Gasteiger partial charge in [0.1, 0.15) is 0 Å². The highest BCUT2D eigenvalue weighted by atomic mass is 31.1. The average Bonchev–Trinajstić information content (AvgIpc) is 2.76. The molecule has 0 aliphatic rings. The molecule has 0 aromatic carbocycles. The van der Waals surface area contributed by atoms with E-state index in [1.165, 1.54) is 109 Å². The Morgan fingerprint density at radius 2 is 1.00 bits per heavy atom. The smallest absolute Gasteiger partial charge is 0.376 e. The maximum absolute atomic E-state index is 12.0. The first kappa shape index (κ1) is 32.8. The Balaban J connectivity index is 3.49. The second-order valence-electron chi connectivity index (χ2n) is 11.1. The van der Waals surface area contributed by atoms with Gasteiger partial charge >= 0.3 is 8.03 Å². The Morgan fingerprint density at radius 1 is 0.636 bits per heavy atom. The summed E-state index contributed by atoms with van der Waals surface area (Å²) < 4.78 is 12.5. The zero-order chi connectivity index (χ0) is 24.8. The highest BCUT2D eigenvalue weighted by Gasteiger charge is 2.52. The molecule has 2 atom stereocenters. The summed E-state index contributed by atoms with van der Waals surface area (Å²) in [6.45, 7) is 4.30. The van der Waals surface area contributed by atoms with E-state index in [1.54, 1.807) is 0 Å². The molecule has 3 nitrogen and oxygen atoms in total. The van der Waals surface area contributed by atoms with Crippen molar-refractivity contribution < 1.29 is 13.9 Å². The molecule has 0 spiro atoms. The van der Waals surface area contributed by atoms with Crippen LogP contribution in [0.3, 0.4) is 0 Å². The minimum absolute atomic E-state index is 0.511. The fourth-order valence-corrected chi connectivity index (χ4v) is 6.08. The normalized spacial score (nSPS) is 14.7. The van der Waals surface area contributed by atoms with E-state index >= 15 is 0 Å². The van der Waals surface area contributed by atoms with Gasteiger partial charge in [-0.2, -0.15) is 0 Å².